The molecule has 104 valence electrons. The summed E-state index contributed by atoms with van der Waals surface area (Å²) in [5.41, 5.74) is 2.42. The highest BCUT2D eigenvalue weighted by Crippen LogP contribution is 2.30. The molecule has 2 atom stereocenters. The van der Waals surface area contributed by atoms with Gasteiger partial charge in [-0.2, -0.15) is 0 Å². The summed E-state index contributed by atoms with van der Waals surface area (Å²) in [6, 6.07) is 14.7. The molecule has 0 radical (unpaired) electrons. The highest BCUT2D eigenvalue weighted by atomic mass is 16.5. The molecule has 2 heterocycles. The minimum Gasteiger partial charge on any atom is -0.488 e. The van der Waals surface area contributed by atoms with E-state index < -0.39 is 0 Å². The second-order valence-electron chi connectivity index (χ2n) is 5.16. The van der Waals surface area contributed by atoms with Crippen molar-refractivity contribution in [2.24, 2.45) is 0 Å². The van der Waals surface area contributed by atoms with Crippen LogP contribution in [0, 0.1) is 0 Å². The average Bonchev–Trinajstić information content (AvgIpc) is 2.92. The zero-order valence-corrected chi connectivity index (χ0v) is 11.8. The number of hydrogen-bond donors (Lipinski definition) is 1. The molecule has 3 rings (SSSR count). The zero-order chi connectivity index (χ0) is 13.8. The lowest BCUT2D eigenvalue weighted by Gasteiger charge is -2.23. The van der Waals surface area contributed by atoms with Gasteiger partial charge in [-0.25, -0.2) is 0 Å². The summed E-state index contributed by atoms with van der Waals surface area (Å²) in [6.45, 7) is 3.07. The molecular formula is C17H20N2O. The number of rotatable bonds is 5. The minimum atomic E-state index is 0.189. The lowest BCUT2D eigenvalue weighted by Crippen LogP contribution is -2.44. The van der Waals surface area contributed by atoms with Crippen LogP contribution < -0.4 is 10.1 Å². The van der Waals surface area contributed by atoms with E-state index in [2.05, 4.69) is 41.5 Å². The van der Waals surface area contributed by atoms with Gasteiger partial charge in [0.05, 0.1) is 0 Å². The van der Waals surface area contributed by atoms with Crippen LogP contribution in [0.25, 0.3) is 0 Å². The van der Waals surface area contributed by atoms with E-state index in [0.717, 1.165) is 30.8 Å². The molecule has 0 aliphatic carbocycles. The second-order valence-corrected chi connectivity index (χ2v) is 5.16. The first-order valence-electron chi connectivity index (χ1n) is 7.24. The lowest BCUT2D eigenvalue weighted by molar-refractivity contribution is 0.177. The topological polar surface area (TPSA) is 34.2 Å². The third-order valence-electron chi connectivity index (χ3n) is 3.74. The first-order valence-corrected chi connectivity index (χ1v) is 7.24. The van der Waals surface area contributed by atoms with E-state index in [1.54, 1.807) is 0 Å². The van der Waals surface area contributed by atoms with Gasteiger partial charge in [0.25, 0.3) is 0 Å². The molecule has 3 heteroatoms. The van der Waals surface area contributed by atoms with Crippen LogP contribution in [0.15, 0.2) is 48.7 Å². The van der Waals surface area contributed by atoms with Crippen molar-refractivity contribution in [2.45, 2.75) is 31.9 Å². The van der Waals surface area contributed by atoms with Gasteiger partial charge in [0, 0.05) is 30.8 Å². The Morgan fingerprint density at radius 3 is 2.85 bits per heavy atom. The number of fused-ring (bicyclic) bond motifs is 1. The molecule has 0 saturated heterocycles. The third-order valence-corrected chi connectivity index (χ3v) is 3.74. The number of nitrogens with zero attached hydrogens (tertiary/aromatic N) is 1. The summed E-state index contributed by atoms with van der Waals surface area (Å²) < 4.78 is 6.10. The van der Waals surface area contributed by atoms with Crippen LogP contribution in [-0.4, -0.2) is 23.7 Å². The van der Waals surface area contributed by atoms with Crippen molar-refractivity contribution in [3.63, 3.8) is 0 Å². The van der Waals surface area contributed by atoms with Crippen LogP contribution in [-0.2, 0) is 12.8 Å². The van der Waals surface area contributed by atoms with Crippen molar-refractivity contribution < 1.29 is 4.74 Å². The molecule has 1 aromatic heterocycles. The van der Waals surface area contributed by atoms with Crippen LogP contribution >= 0.6 is 0 Å². The normalized spacial score (nSPS) is 18.4. The van der Waals surface area contributed by atoms with E-state index in [0.29, 0.717) is 6.04 Å². The maximum Gasteiger partial charge on any atom is 0.123 e. The Bertz CT molecular complexity index is 531. The van der Waals surface area contributed by atoms with E-state index in [-0.39, 0.29) is 6.10 Å². The fraction of sp³-hybridized carbons (Fsp3) is 0.353. The van der Waals surface area contributed by atoms with E-state index >= 15 is 0 Å². The van der Waals surface area contributed by atoms with Crippen molar-refractivity contribution in [3.8, 4) is 5.75 Å². The number of likely N-dealkylation sites (N-methyl/N-ethyl adjacent to an activating group) is 1. The van der Waals surface area contributed by atoms with Gasteiger partial charge in [-0.3, -0.25) is 4.98 Å². The van der Waals surface area contributed by atoms with Gasteiger partial charge in [-0.15, -0.1) is 0 Å². The lowest BCUT2D eigenvalue weighted by atomic mass is 10.00. The van der Waals surface area contributed by atoms with Gasteiger partial charge in [0.2, 0.25) is 0 Å². The molecule has 0 amide bonds. The first-order chi connectivity index (χ1) is 9.86. The molecule has 0 bridgehead atoms. The summed E-state index contributed by atoms with van der Waals surface area (Å²) >= 11 is 0. The molecule has 0 spiro atoms. The van der Waals surface area contributed by atoms with Gasteiger partial charge < -0.3 is 10.1 Å². The Hall–Kier alpha value is -1.87. The Kier molecular flexibility index (Phi) is 3.97. The highest BCUT2D eigenvalue weighted by Gasteiger charge is 2.29. The van der Waals surface area contributed by atoms with Gasteiger partial charge in [0.1, 0.15) is 11.9 Å². The summed E-state index contributed by atoms with van der Waals surface area (Å²) in [6.07, 6.45) is 3.91. The van der Waals surface area contributed by atoms with Crippen molar-refractivity contribution in [3.05, 3.63) is 59.9 Å². The molecule has 1 aliphatic rings. The second kappa shape index (κ2) is 6.06. The number of pyridine rings is 1. The average molecular weight is 268 g/mol. The van der Waals surface area contributed by atoms with Crippen LogP contribution in [0.5, 0.6) is 5.75 Å². The molecule has 1 N–H and O–H groups in total. The molecule has 0 fully saturated rings. The Morgan fingerprint density at radius 1 is 1.25 bits per heavy atom. The smallest absolute Gasteiger partial charge is 0.123 e. The fourth-order valence-electron chi connectivity index (χ4n) is 2.77. The summed E-state index contributed by atoms with van der Waals surface area (Å²) in [5, 5.41) is 3.54. The quantitative estimate of drug-likeness (QED) is 0.905. The van der Waals surface area contributed by atoms with E-state index in [4.69, 9.17) is 4.74 Å². The number of hydrogen-bond acceptors (Lipinski definition) is 3. The highest BCUT2D eigenvalue weighted by molar-refractivity contribution is 5.37. The largest absolute Gasteiger partial charge is 0.488 e. The number of nitrogens with one attached hydrogen (secondary N) is 1. The van der Waals surface area contributed by atoms with E-state index in [1.165, 1.54) is 5.56 Å². The van der Waals surface area contributed by atoms with Gasteiger partial charge in [0.15, 0.2) is 0 Å². The Balaban J connectivity index is 1.72. The molecule has 3 nitrogen and oxygen atoms in total. The Morgan fingerprint density at radius 2 is 2.10 bits per heavy atom. The van der Waals surface area contributed by atoms with Crippen molar-refractivity contribution in [1.29, 1.82) is 0 Å². The van der Waals surface area contributed by atoms with Crippen LogP contribution in [0.1, 0.15) is 18.2 Å². The van der Waals surface area contributed by atoms with E-state index in [9.17, 15) is 0 Å². The predicted octanol–water partition coefficient (Wildman–Crippen LogP) is 2.61. The van der Waals surface area contributed by atoms with Gasteiger partial charge >= 0.3 is 0 Å². The summed E-state index contributed by atoms with van der Waals surface area (Å²) in [4.78, 5) is 4.43. The minimum absolute atomic E-state index is 0.189. The molecule has 1 aliphatic heterocycles. The zero-order valence-electron chi connectivity index (χ0n) is 11.8. The molecule has 0 saturated carbocycles. The summed E-state index contributed by atoms with van der Waals surface area (Å²) in [7, 11) is 0. The van der Waals surface area contributed by atoms with Crippen LogP contribution in [0.3, 0.4) is 0 Å². The van der Waals surface area contributed by atoms with Crippen LogP contribution in [0.4, 0.5) is 0 Å². The number of benzene rings is 1. The monoisotopic (exact) mass is 268 g/mol. The first kappa shape index (κ1) is 13.1. The van der Waals surface area contributed by atoms with Crippen molar-refractivity contribution >= 4 is 0 Å². The standard InChI is InChI=1S/C17H20N2O/c1-2-18-15(12-14-8-5-6-10-19-14)17-11-13-7-3-4-9-16(13)20-17/h3-10,15,17-18H,2,11-12H2,1H3. The van der Waals surface area contributed by atoms with Crippen LogP contribution in [0.2, 0.25) is 0 Å². The SMILES string of the molecule is CCNC(Cc1ccccn1)C1Cc2ccccc2O1. The molecular weight excluding hydrogens is 248 g/mol. The Labute approximate surface area is 120 Å². The van der Waals surface area contributed by atoms with Gasteiger partial charge in [-0.05, 0) is 30.3 Å². The maximum absolute atomic E-state index is 6.10. The van der Waals surface area contributed by atoms with Crippen molar-refractivity contribution in [1.82, 2.24) is 10.3 Å². The molecule has 2 unspecified atom stereocenters. The number of para-hydroxylation sites is 1. The number of aromatic nitrogens is 1. The molecule has 20 heavy (non-hydrogen) atoms. The van der Waals surface area contributed by atoms with E-state index in [1.807, 2.05) is 24.4 Å². The van der Waals surface area contributed by atoms with Gasteiger partial charge in [-0.1, -0.05) is 31.2 Å². The summed E-state index contributed by atoms with van der Waals surface area (Å²) in [5.74, 6) is 1.03. The molecule has 1 aromatic carbocycles. The maximum atomic E-state index is 6.10. The fourth-order valence-corrected chi connectivity index (χ4v) is 2.77. The molecule has 2 aromatic rings. The van der Waals surface area contributed by atoms with Crippen molar-refractivity contribution in [2.75, 3.05) is 6.54 Å². The number of ether oxygens (including phenoxy) is 1. The predicted molar refractivity (Wildman–Crippen MR) is 80.0 cm³/mol. The third kappa shape index (κ3) is 2.83.